The molecule has 1 aromatic rings. The molecule has 0 radical (unpaired) electrons. The van der Waals surface area contributed by atoms with Gasteiger partial charge >= 0.3 is 0 Å². The second kappa shape index (κ2) is 13.5. The van der Waals surface area contributed by atoms with Gasteiger partial charge in [0.2, 0.25) is 0 Å². The number of benzene rings is 1. The third-order valence-electron chi connectivity index (χ3n) is 3.08. The standard InChI is InChI=1S/C18H28O4/c1-2-20-16-18(21-14-10-5-3-4-9-13-19)22-15-17-11-7-6-8-12-17/h4,6-9,11-12,18-19H,2-3,5,10,13-16H2,1H3/b9-4+/t18-/m1/s1. The molecule has 1 aromatic carbocycles. The van der Waals surface area contributed by atoms with Crippen molar-refractivity contribution >= 4 is 0 Å². The van der Waals surface area contributed by atoms with E-state index >= 15 is 0 Å². The van der Waals surface area contributed by atoms with Crippen LogP contribution in [0.15, 0.2) is 42.5 Å². The molecule has 0 fully saturated rings. The van der Waals surface area contributed by atoms with Crippen molar-refractivity contribution in [2.75, 3.05) is 26.4 Å². The molecule has 22 heavy (non-hydrogen) atoms. The van der Waals surface area contributed by atoms with Gasteiger partial charge in [0.25, 0.3) is 0 Å². The minimum atomic E-state index is -0.326. The normalized spacial score (nSPS) is 12.8. The van der Waals surface area contributed by atoms with Crippen LogP contribution in [0.5, 0.6) is 0 Å². The molecule has 0 bridgehead atoms. The average Bonchev–Trinajstić information content (AvgIpc) is 2.56. The van der Waals surface area contributed by atoms with E-state index in [1.807, 2.05) is 43.3 Å². The van der Waals surface area contributed by atoms with Gasteiger partial charge in [-0.15, -0.1) is 0 Å². The monoisotopic (exact) mass is 308 g/mol. The van der Waals surface area contributed by atoms with Crippen LogP contribution in [-0.4, -0.2) is 37.8 Å². The van der Waals surface area contributed by atoms with E-state index in [4.69, 9.17) is 19.3 Å². The van der Waals surface area contributed by atoms with Crippen LogP contribution in [0.25, 0.3) is 0 Å². The zero-order valence-electron chi connectivity index (χ0n) is 13.4. The molecule has 4 heteroatoms. The Morgan fingerprint density at radius 2 is 1.91 bits per heavy atom. The molecule has 0 aliphatic carbocycles. The Morgan fingerprint density at radius 3 is 2.64 bits per heavy atom. The lowest BCUT2D eigenvalue weighted by molar-refractivity contribution is -0.178. The molecular weight excluding hydrogens is 280 g/mol. The first-order valence-electron chi connectivity index (χ1n) is 7.97. The SMILES string of the molecule is CCOC[C@H](OCCCC/C=C/CO)OCc1ccccc1. The summed E-state index contributed by atoms with van der Waals surface area (Å²) < 4.78 is 16.9. The summed E-state index contributed by atoms with van der Waals surface area (Å²) in [5.74, 6) is 0. The van der Waals surface area contributed by atoms with Crippen LogP contribution in [-0.2, 0) is 20.8 Å². The number of unbranched alkanes of at least 4 members (excludes halogenated alkanes) is 2. The van der Waals surface area contributed by atoms with Crippen molar-refractivity contribution in [3.8, 4) is 0 Å². The van der Waals surface area contributed by atoms with Gasteiger partial charge < -0.3 is 19.3 Å². The van der Waals surface area contributed by atoms with Crippen LogP contribution in [0.3, 0.4) is 0 Å². The molecule has 0 aliphatic rings. The van der Waals surface area contributed by atoms with E-state index in [0.29, 0.717) is 26.4 Å². The average molecular weight is 308 g/mol. The minimum Gasteiger partial charge on any atom is -0.392 e. The zero-order chi connectivity index (χ0) is 15.9. The van der Waals surface area contributed by atoms with E-state index in [-0.39, 0.29) is 12.9 Å². The molecule has 124 valence electrons. The van der Waals surface area contributed by atoms with E-state index in [1.165, 1.54) is 0 Å². The summed E-state index contributed by atoms with van der Waals surface area (Å²) in [5.41, 5.74) is 1.13. The summed E-state index contributed by atoms with van der Waals surface area (Å²) in [4.78, 5) is 0. The van der Waals surface area contributed by atoms with Crippen molar-refractivity contribution in [1.29, 1.82) is 0 Å². The van der Waals surface area contributed by atoms with E-state index in [2.05, 4.69) is 0 Å². The Bertz CT molecular complexity index is 378. The van der Waals surface area contributed by atoms with Gasteiger partial charge in [-0.3, -0.25) is 0 Å². The highest BCUT2D eigenvalue weighted by atomic mass is 16.7. The highest BCUT2D eigenvalue weighted by Crippen LogP contribution is 2.07. The summed E-state index contributed by atoms with van der Waals surface area (Å²) in [6.45, 7) is 4.35. The van der Waals surface area contributed by atoms with E-state index in [0.717, 1.165) is 24.8 Å². The Kier molecular flexibility index (Phi) is 11.5. The molecule has 1 rings (SSSR count). The topological polar surface area (TPSA) is 47.9 Å². The van der Waals surface area contributed by atoms with Gasteiger partial charge in [-0.1, -0.05) is 42.5 Å². The number of hydrogen-bond acceptors (Lipinski definition) is 4. The van der Waals surface area contributed by atoms with Crippen molar-refractivity contribution in [3.63, 3.8) is 0 Å². The maximum Gasteiger partial charge on any atom is 0.181 e. The predicted molar refractivity (Wildman–Crippen MR) is 87.5 cm³/mol. The first kappa shape index (κ1) is 18.8. The number of hydrogen-bond donors (Lipinski definition) is 1. The highest BCUT2D eigenvalue weighted by Gasteiger charge is 2.09. The number of allylic oxidation sites excluding steroid dienone is 1. The second-order valence-electron chi connectivity index (χ2n) is 4.91. The quantitative estimate of drug-likeness (QED) is 0.345. The summed E-state index contributed by atoms with van der Waals surface area (Å²) in [5, 5.41) is 8.64. The number of rotatable bonds is 13. The maximum absolute atomic E-state index is 8.64. The lowest BCUT2D eigenvalue weighted by Gasteiger charge is -2.18. The fourth-order valence-corrected chi connectivity index (χ4v) is 1.89. The molecular formula is C18H28O4. The van der Waals surface area contributed by atoms with Gasteiger partial charge in [0.1, 0.15) is 0 Å². The van der Waals surface area contributed by atoms with Gasteiger partial charge in [-0.2, -0.15) is 0 Å². The minimum absolute atomic E-state index is 0.111. The van der Waals surface area contributed by atoms with Gasteiger partial charge in [-0.05, 0) is 31.7 Å². The van der Waals surface area contributed by atoms with Crippen LogP contribution >= 0.6 is 0 Å². The summed E-state index contributed by atoms with van der Waals surface area (Å²) >= 11 is 0. The fraction of sp³-hybridized carbons (Fsp3) is 0.556. The van der Waals surface area contributed by atoms with Gasteiger partial charge in [0, 0.05) is 13.2 Å². The molecule has 0 saturated carbocycles. The van der Waals surface area contributed by atoms with Crippen molar-refractivity contribution in [3.05, 3.63) is 48.0 Å². The number of ether oxygens (including phenoxy) is 3. The Balaban J connectivity index is 2.20. The summed E-state index contributed by atoms with van der Waals surface area (Å²) in [7, 11) is 0. The highest BCUT2D eigenvalue weighted by molar-refractivity contribution is 5.13. The smallest absolute Gasteiger partial charge is 0.181 e. The predicted octanol–water partition coefficient (Wildman–Crippen LogP) is 3.30. The van der Waals surface area contributed by atoms with Crippen LogP contribution in [0.2, 0.25) is 0 Å². The molecule has 0 saturated heterocycles. The number of aliphatic hydroxyl groups is 1. The van der Waals surface area contributed by atoms with Crippen molar-refractivity contribution in [2.24, 2.45) is 0 Å². The van der Waals surface area contributed by atoms with Gasteiger partial charge in [0.15, 0.2) is 6.29 Å². The van der Waals surface area contributed by atoms with Crippen molar-refractivity contribution < 1.29 is 19.3 Å². The first-order valence-corrected chi connectivity index (χ1v) is 7.97. The van der Waals surface area contributed by atoms with Gasteiger partial charge in [-0.25, -0.2) is 0 Å². The molecule has 0 aliphatic heterocycles. The van der Waals surface area contributed by atoms with E-state index in [9.17, 15) is 0 Å². The molecule has 4 nitrogen and oxygen atoms in total. The van der Waals surface area contributed by atoms with Crippen molar-refractivity contribution in [2.45, 2.75) is 39.1 Å². The molecule has 1 N–H and O–H groups in total. The van der Waals surface area contributed by atoms with Crippen LogP contribution < -0.4 is 0 Å². The molecule has 0 heterocycles. The molecule has 0 spiro atoms. The van der Waals surface area contributed by atoms with Gasteiger partial charge in [0.05, 0.1) is 19.8 Å². The third-order valence-corrected chi connectivity index (χ3v) is 3.08. The van der Waals surface area contributed by atoms with E-state index < -0.39 is 0 Å². The van der Waals surface area contributed by atoms with Crippen LogP contribution in [0, 0.1) is 0 Å². The lowest BCUT2D eigenvalue weighted by Crippen LogP contribution is -2.24. The maximum atomic E-state index is 8.64. The molecule has 1 atom stereocenters. The number of aliphatic hydroxyl groups excluding tert-OH is 1. The first-order chi connectivity index (χ1) is 10.9. The lowest BCUT2D eigenvalue weighted by atomic mass is 10.2. The van der Waals surface area contributed by atoms with Crippen molar-refractivity contribution in [1.82, 2.24) is 0 Å². The Labute approximate surface area is 133 Å². The van der Waals surface area contributed by atoms with Crippen LogP contribution in [0.4, 0.5) is 0 Å². The Hall–Kier alpha value is -1.20. The fourth-order valence-electron chi connectivity index (χ4n) is 1.89. The molecule has 0 amide bonds. The third kappa shape index (κ3) is 9.68. The molecule has 0 unspecified atom stereocenters. The Morgan fingerprint density at radius 1 is 1.09 bits per heavy atom. The summed E-state index contributed by atoms with van der Waals surface area (Å²) in [6, 6.07) is 10.0. The zero-order valence-corrected chi connectivity index (χ0v) is 13.4. The largest absolute Gasteiger partial charge is 0.392 e. The summed E-state index contributed by atoms with van der Waals surface area (Å²) in [6.07, 6.45) is 6.40. The second-order valence-corrected chi connectivity index (χ2v) is 4.91. The van der Waals surface area contributed by atoms with Crippen LogP contribution in [0.1, 0.15) is 31.7 Å². The molecule has 0 aromatic heterocycles. The van der Waals surface area contributed by atoms with E-state index in [1.54, 1.807) is 6.08 Å².